The number of aromatic nitrogens is 2. The summed E-state index contributed by atoms with van der Waals surface area (Å²) in [5.41, 5.74) is 0.939. The lowest BCUT2D eigenvalue weighted by atomic mass is 10.1. The van der Waals surface area contributed by atoms with Crippen molar-refractivity contribution in [3.05, 3.63) is 48.4 Å². The Morgan fingerprint density at radius 1 is 1.33 bits per heavy atom. The van der Waals surface area contributed by atoms with E-state index in [0.717, 1.165) is 30.2 Å². The summed E-state index contributed by atoms with van der Waals surface area (Å²) in [5, 5.41) is 2.53. The molecule has 0 aliphatic carbocycles. The number of carbonyl (C=O) groups is 1. The largest absolute Gasteiger partial charge is 0.487 e. The number of hydrogen-bond donors (Lipinski definition) is 1. The molecule has 24 heavy (non-hydrogen) atoms. The zero-order chi connectivity index (χ0) is 18.2. The maximum atomic E-state index is 10.8. The van der Waals surface area contributed by atoms with Gasteiger partial charge in [0.1, 0.15) is 25.4 Å². The van der Waals surface area contributed by atoms with Gasteiger partial charge in [0.15, 0.2) is 0 Å². The molecule has 1 N–H and O–H groups in total. The molecule has 6 nitrogen and oxygen atoms in total. The fourth-order valence-electron chi connectivity index (χ4n) is 2.37. The SMILES string of the molecule is CC.[3H]C(=O)N[C@@H](C)c1ccc(OC2CN(c3ccncn3)C2)cc1. The van der Waals surface area contributed by atoms with E-state index < -0.39 is 6.39 Å². The molecule has 0 bridgehead atoms. The van der Waals surface area contributed by atoms with Crippen molar-refractivity contribution >= 4 is 12.2 Å². The molecule has 1 fully saturated rings. The van der Waals surface area contributed by atoms with E-state index in [1.54, 1.807) is 12.5 Å². The maximum Gasteiger partial charge on any atom is 0.207 e. The highest BCUT2D eigenvalue weighted by atomic mass is 16.5. The number of amides is 1. The van der Waals surface area contributed by atoms with Crippen molar-refractivity contribution in [3.63, 3.8) is 0 Å². The van der Waals surface area contributed by atoms with Crippen molar-refractivity contribution in [2.45, 2.75) is 32.9 Å². The van der Waals surface area contributed by atoms with Gasteiger partial charge in [0.05, 0.1) is 19.1 Å². The van der Waals surface area contributed by atoms with Gasteiger partial charge < -0.3 is 15.0 Å². The number of anilines is 1. The van der Waals surface area contributed by atoms with Gasteiger partial charge >= 0.3 is 0 Å². The molecule has 2 heterocycles. The molecule has 1 amide bonds. The van der Waals surface area contributed by atoms with Crippen molar-refractivity contribution in [3.8, 4) is 5.75 Å². The number of nitrogens with one attached hydrogen (secondary N) is 1. The lowest BCUT2D eigenvalue weighted by molar-refractivity contribution is -0.110. The molecule has 2 aromatic rings. The first-order chi connectivity index (χ1) is 12.1. The van der Waals surface area contributed by atoms with E-state index in [2.05, 4.69) is 20.2 Å². The van der Waals surface area contributed by atoms with Crippen molar-refractivity contribution in [2.24, 2.45) is 0 Å². The molecule has 0 radical (unpaired) electrons. The Labute approximate surface area is 144 Å². The Morgan fingerprint density at radius 3 is 2.62 bits per heavy atom. The summed E-state index contributed by atoms with van der Waals surface area (Å²) in [6.45, 7) is 7.43. The van der Waals surface area contributed by atoms with Crippen molar-refractivity contribution in [2.75, 3.05) is 18.0 Å². The summed E-state index contributed by atoms with van der Waals surface area (Å²) in [7, 11) is 0. The quantitative estimate of drug-likeness (QED) is 0.854. The molecule has 1 saturated heterocycles. The Kier molecular flexibility index (Phi) is 5.99. The third-order valence-corrected chi connectivity index (χ3v) is 3.70. The van der Waals surface area contributed by atoms with Crippen LogP contribution in [-0.4, -0.2) is 35.5 Å². The van der Waals surface area contributed by atoms with Gasteiger partial charge in [-0.05, 0) is 30.7 Å². The van der Waals surface area contributed by atoms with Gasteiger partial charge in [-0.15, -0.1) is 0 Å². The molecule has 1 aliphatic rings. The summed E-state index contributed by atoms with van der Waals surface area (Å²) in [6, 6.07) is 9.26. The number of ether oxygens (including phenoxy) is 1. The predicted molar refractivity (Wildman–Crippen MR) is 94.1 cm³/mol. The Hall–Kier alpha value is -2.63. The second-order valence-electron chi connectivity index (χ2n) is 5.25. The first-order valence-electron chi connectivity index (χ1n) is 8.66. The van der Waals surface area contributed by atoms with Crippen molar-refractivity contribution in [1.82, 2.24) is 15.3 Å². The van der Waals surface area contributed by atoms with E-state index in [-0.39, 0.29) is 12.1 Å². The summed E-state index contributed by atoms with van der Waals surface area (Å²) in [6.07, 6.45) is 2.63. The first-order valence-corrected chi connectivity index (χ1v) is 8.16. The highest BCUT2D eigenvalue weighted by molar-refractivity contribution is 5.48. The number of carbonyl (C=O) groups excluding carboxylic acids is 1. The summed E-state index contributed by atoms with van der Waals surface area (Å²) in [4.78, 5) is 21.0. The van der Waals surface area contributed by atoms with Crippen LogP contribution in [0.2, 0.25) is 0 Å². The zero-order valence-electron chi connectivity index (χ0n) is 15.3. The molecular formula is C18H24N4O2. The lowest BCUT2D eigenvalue weighted by Gasteiger charge is -2.39. The maximum absolute atomic E-state index is 10.8. The van der Waals surface area contributed by atoms with Crippen molar-refractivity contribution < 1.29 is 10.9 Å². The molecule has 1 atom stereocenters. The normalized spacial score (nSPS) is 15.3. The summed E-state index contributed by atoms with van der Waals surface area (Å²) >= 11 is 0. The van der Waals surface area contributed by atoms with E-state index in [9.17, 15) is 4.79 Å². The van der Waals surface area contributed by atoms with Crippen LogP contribution >= 0.6 is 0 Å². The van der Waals surface area contributed by atoms with Gasteiger partial charge in [0.25, 0.3) is 0 Å². The van der Waals surface area contributed by atoms with Crippen molar-refractivity contribution in [1.29, 1.82) is 0 Å². The molecule has 1 aromatic heterocycles. The average molecular weight is 330 g/mol. The number of benzene rings is 1. The van der Waals surface area contributed by atoms with Crippen LogP contribution < -0.4 is 15.0 Å². The number of hydrogen-bond acceptors (Lipinski definition) is 5. The van der Waals surface area contributed by atoms with Crippen LogP contribution in [0.3, 0.4) is 0 Å². The fourth-order valence-corrected chi connectivity index (χ4v) is 2.37. The Morgan fingerprint density at radius 2 is 2.04 bits per heavy atom. The van der Waals surface area contributed by atoms with E-state index in [1.165, 1.54) is 0 Å². The summed E-state index contributed by atoms with van der Waals surface area (Å²) in [5.74, 6) is 1.71. The zero-order valence-corrected chi connectivity index (χ0v) is 14.3. The first kappa shape index (κ1) is 16.2. The van der Waals surface area contributed by atoms with Gasteiger partial charge in [0.2, 0.25) is 6.39 Å². The van der Waals surface area contributed by atoms with Gasteiger partial charge in [-0.1, -0.05) is 26.0 Å². The minimum Gasteiger partial charge on any atom is -0.487 e. The van der Waals surface area contributed by atoms with Crippen LogP contribution in [0.1, 0.15) is 33.7 Å². The van der Waals surface area contributed by atoms with Gasteiger partial charge in [-0.3, -0.25) is 4.79 Å². The van der Waals surface area contributed by atoms with Crippen LogP contribution in [-0.2, 0) is 4.79 Å². The molecule has 1 aromatic carbocycles. The Bertz CT molecular complexity index is 661. The van der Waals surface area contributed by atoms with Gasteiger partial charge in [0, 0.05) is 6.20 Å². The average Bonchev–Trinajstić information content (AvgIpc) is 2.60. The molecule has 0 unspecified atom stereocenters. The minimum atomic E-state index is -0.780. The third-order valence-electron chi connectivity index (χ3n) is 3.70. The van der Waals surface area contributed by atoms with E-state index in [4.69, 9.17) is 6.11 Å². The number of nitrogens with zero attached hydrogens (tertiary/aromatic N) is 3. The molecule has 128 valence electrons. The van der Waals surface area contributed by atoms with E-state index in [0.29, 0.717) is 0 Å². The second kappa shape index (κ2) is 8.86. The van der Waals surface area contributed by atoms with E-state index in [1.807, 2.05) is 51.1 Å². The smallest absolute Gasteiger partial charge is 0.207 e. The molecule has 0 saturated carbocycles. The number of rotatable bonds is 5. The summed E-state index contributed by atoms with van der Waals surface area (Å²) < 4.78 is 12.8. The fraction of sp³-hybridized carbons (Fsp3) is 0.389. The van der Waals surface area contributed by atoms with Gasteiger partial charge in [-0.2, -0.15) is 0 Å². The standard InChI is InChI=1S/C16H18N4O2.C2H6/c1-12(19-11-21)13-2-4-14(5-3-13)22-15-8-20(9-15)16-6-7-17-10-18-16;1-2/h2-7,10-12,15H,8-9H2,1H3,(H,19,21);1-2H3/t12-;/m0./s1/i11T;. The van der Waals surface area contributed by atoms with Crippen LogP contribution in [0.25, 0.3) is 0 Å². The highest BCUT2D eigenvalue weighted by Crippen LogP contribution is 2.23. The monoisotopic (exact) mass is 330 g/mol. The van der Waals surface area contributed by atoms with E-state index >= 15 is 0 Å². The minimum absolute atomic E-state index is 0.140. The lowest BCUT2D eigenvalue weighted by Crippen LogP contribution is -2.54. The third kappa shape index (κ3) is 4.44. The van der Waals surface area contributed by atoms with Gasteiger partial charge in [-0.25, -0.2) is 9.97 Å². The molecule has 6 heteroatoms. The topological polar surface area (TPSA) is 67.3 Å². The highest BCUT2D eigenvalue weighted by Gasteiger charge is 2.29. The van der Waals surface area contributed by atoms with Crippen LogP contribution in [0.5, 0.6) is 5.75 Å². The molecular weight excluding hydrogens is 304 g/mol. The predicted octanol–water partition coefficient (Wildman–Crippen LogP) is 2.58. The van der Waals surface area contributed by atoms with Crippen LogP contribution in [0, 0.1) is 0 Å². The second-order valence-corrected chi connectivity index (χ2v) is 5.25. The molecule has 3 rings (SSSR count). The Balaban J connectivity index is 0.00000109. The van der Waals surface area contributed by atoms with Crippen LogP contribution in [0.15, 0.2) is 42.9 Å². The molecule has 1 aliphatic heterocycles. The molecule has 0 spiro atoms. The van der Waals surface area contributed by atoms with Crippen LogP contribution in [0.4, 0.5) is 5.82 Å².